The lowest BCUT2D eigenvalue weighted by Crippen LogP contribution is -2.54. The zero-order chi connectivity index (χ0) is 19.8. The first-order valence-electron chi connectivity index (χ1n) is 8.94. The predicted molar refractivity (Wildman–Crippen MR) is 95.1 cm³/mol. The maximum atomic E-state index is 13.1. The molecule has 0 aromatic heterocycles. The summed E-state index contributed by atoms with van der Waals surface area (Å²) in [4.78, 5) is 39.6. The molecule has 3 atom stereocenters. The normalized spacial score (nSPS) is 27.4. The topological polar surface area (TPSA) is 82.1 Å². The van der Waals surface area contributed by atoms with Gasteiger partial charge in [-0.05, 0) is 5.56 Å². The molecule has 0 aliphatic carbocycles. The van der Waals surface area contributed by atoms with Gasteiger partial charge in [-0.3, -0.25) is 14.5 Å². The summed E-state index contributed by atoms with van der Waals surface area (Å²) in [5.41, 5.74) is -0.871. The van der Waals surface area contributed by atoms with E-state index in [-0.39, 0.29) is 19.6 Å². The molecule has 2 fully saturated rings. The molecule has 0 N–H and O–H groups in total. The summed E-state index contributed by atoms with van der Waals surface area (Å²) < 4.78 is 16.1. The van der Waals surface area contributed by atoms with Crippen molar-refractivity contribution in [1.29, 1.82) is 0 Å². The minimum Gasteiger partial charge on any atom is -0.467 e. The number of nitrogens with zero attached hydrogens (tertiary/aromatic N) is 1. The van der Waals surface area contributed by atoms with E-state index in [1.807, 2.05) is 51.1 Å². The van der Waals surface area contributed by atoms with Gasteiger partial charge in [0.25, 0.3) is 0 Å². The number of rotatable bonds is 4. The first-order chi connectivity index (χ1) is 12.7. The van der Waals surface area contributed by atoms with E-state index in [4.69, 9.17) is 14.2 Å². The molecule has 3 rings (SSSR count). The van der Waals surface area contributed by atoms with Crippen molar-refractivity contribution < 1.29 is 28.6 Å². The zero-order valence-corrected chi connectivity index (χ0v) is 16.1. The molecule has 2 heterocycles. The van der Waals surface area contributed by atoms with Gasteiger partial charge in [-0.15, -0.1) is 0 Å². The number of carbonyl (C=O) groups excluding carboxylic acids is 3. The molecule has 1 amide bonds. The van der Waals surface area contributed by atoms with Gasteiger partial charge in [0.05, 0.1) is 13.7 Å². The second kappa shape index (κ2) is 6.96. The van der Waals surface area contributed by atoms with Crippen molar-refractivity contribution in [1.82, 2.24) is 4.90 Å². The van der Waals surface area contributed by atoms with Crippen LogP contribution in [0.5, 0.6) is 0 Å². The van der Waals surface area contributed by atoms with E-state index >= 15 is 0 Å². The van der Waals surface area contributed by atoms with Gasteiger partial charge in [-0.1, -0.05) is 51.1 Å². The molecule has 1 unspecified atom stereocenters. The van der Waals surface area contributed by atoms with Crippen LogP contribution in [0, 0.1) is 11.3 Å². The molecule has 2 saturated heterocycles. The molecule has 0 saturated carbocycles. The average molecular weight is 375 g/mol. The van der Waals surface area contributed by atoms with E-state index in [0.717, 1.165) is 5.56 Å². The summed E-state index contributed by atoms with van der Waals surface area (Å²) in [5.74, 6) is -2.69. The van der Waals surface area contributed by atoms with E-state index < -0.39 is 40.9 Å². The first kappa shape index (κ1) is 19.4. The maximum Gasteiger partial charge on any atom is 0.334 e. The van der Waals surface area contributed by atoms with Gasteiger partial charge in [-0.2, -0.15) is 0 Å². The monoisotopic (exact) mass is 375 g/mol. The van der Waals surface area contributed by atoms with Gasteiger partial charge < -0.3 is 14.2 Å². The van der Waals surface area contributed by atoms with Crippen LogP contribution in [0.15, 0.2) is 30.3 Å². The highest BCUT2D eigenvalue weighted by molar-refractivity contribution is 6.04. The summed E-state index contributed by atoms with van der Waals surface area (Å²) in [7, 11) is 1.27. The number of fused-ring (bicyclic) bond motifs is 1. The minimum atomic E-state index is -1.28. The lowest BCUT2D eigenvalue weighted by Gasteiger charge is -2.36. The second-order valence-electron chi connectivity index (χ2n) is 8.11. The van der Waals surface area contributed by atoms with E-state index in [9.17, 15) is 14.4 Å². The van der Waals surface area contributed by atoms with Crippen LogP contribution in [0.1, 0.15) is 32.8 Å². The Morgan fingerprint density at radius 1 is 1.26 bits per heavy atom. The molecule has 2 aliphatic heterocycles. The molecule has 146 valence electrons. The molecular formula is C20H25NO6. The van der Waals surface area contributed by atoms with Crippen LogP contribution in [-0.4, -0.2) is 48.2 Å². The van der Waals surface area contributed by atoms with Gasteiger partial charge in [0, 0.05) is 11.8 Å². The Kier molecular flexibility index (Phi) is 4.99. The predicted octanol–water partition coefficient (Wildman–Crippen LogP) is 1.89. The van der Waals surface area contributed by atoms with Crippen LogP contribution in [0.25, 0.3) is 0 Å². The third kappa shape index (κ3) is 3.32. The van der Waals surface area contributed by atoms with E-state index in [2.05, 4.69) is 0 Å². The van der Waals surface area contributed by atoms with Crippen molar-refractivity contribution in [3.63, 3.8) is 0 Å². The van der Waals surface area contributed by atoms with Gasteiger partial charge in [-0.25, -0.2) is 4.79 Å². The SMILES string of the molecule is COC(=O)[C@@]12CO[C@@H](C(C)(C)C)N1C(=O)C(C(=O)OCc1ccccc1)C2. The lowest BCUT2D eigenvalue weighted by atomic mass is 9.91. The van der Waals surface area contributed by atoms with Crippen LogP contribution >= 0.6 is 0 Å². The van der Waals surface area contributed by atoms with Gasteiger partial charge in [0.2, 0.25) is 5.91 Å². The highest BCUT2D eigenvalue weighted by atomic mass is 16.6. The molecule has 2 aliphatic rings. The Hall–Kier alpha value is -2.41. The highest BCUT2D eigenvalue weighted by Gasteiger charge is 2.66. The third-order valence-corrected chi connectivity index (χ3v) is 5.07. The number of carbonyl (C=O) groups is 3. The molecule has 27 heavy (non-hydrogen) atoms. The molecule has 7 nitrogen and oxygen atoms in total. The largest absolute Gasteiger partial charge is 0.467 e. The first-order valence-corrected chi connectivity index (χ1v) is 8.94. The Bertz CT molecular complexity index is 741. The van der Waals surface area contributed by atoms with E-state index in [1.54, 1.807) is 0 Å². The molecule has 1 aromatic rings. The fourth-order valence-corrected chi connectivity index (χ4v) is 3.74. The summed E-state index contributed by atoms with van der Waals surface area (Å²) in [6.07, 6.45) is -0.616. The Balaban J connectivity index is 1.82. The van der Waals surface area contributed by atoms with Crippen molar-refractivity contribution in [3.05, 3.63) is 35.9 Å². The average Bonchev–Trinajstić information content (AvgIpc) is 3.16. The quantitative estimate of drug-likeness (QED) is 0.590. The molecule has 0 radical (unpaired) electrons. The van der Waals surface area contributed by atoms with Crippen LogP contribution < -0.4 is 0 Å². The number of hydrogen-bond donors (Lipinski definition) is 0. The van der Waals surface area contributed by atoms with Crippen molar-refractivity contribution in [2.45, 2.75) is 45.6 Å². The molecule has 0 spiro atoms. The van der Waals surface area contributed by atoms with Crippen LogP contribution in [0.2, 0.25) is 0 Å². The van der Waals surface area contributed by atoms with Gasteiger partial charge in [0.1, 0.15) is 18.8 Å². The number of benzene rings is 1. The fourth-order valence-electron chi connectivity index (χ4n) is 3.74. The van der Waals surface area contributed by atoms with Gasteiger partial charge >= 0.3 is 11.9 Å². The summed E-state index contributed by atoms with van der Waals surface area (Å²) in [5, 5.41) is 0. The highest BCUT2D eigenvalue weighted by Crippen LogP contribution is 2.46. The van der Waals surface area contributed by atoms with Crippen molar-refractivity contribution in [2.75, 3.05) is 13.7 Å². The van der Waals surface area contributed by atoms with E-state index in [1.165, 1.54) is 12.0 Å². The third-order valence-electron chi connectivity index (χ3n) is 5.07. The lowest BCUT2D eigenvalue weighted by molar-refractivity contribution is -0.161. The smallest absolute Gasteiger partial charge is 0.334 e. The summed E-state index contributed by atoms with van der Waals surface area (Å²) >= 11 is 0. The Morgan fingerprint density at radius 3 is 2.52 bits per heavy atom. The fraction of sp³-hybridized carbons (Fsp3) is 0.550. The molecule has 7 heteroatoms. The zero-order valence-electron chi connectivity index (χ0n) is 16.1. The Labute approximate surface area is 158 Å². The van der Waals surface area contributed by atoms with Crippen molar-refractivity contribution in [2.24, 2.45) is 11.3 Å². The summed E-state index contributed by atoms with van der Waals surface area (Å²) in [6, 6.07) is 9.23. The summed E-state index contributed by atoms with van der Waals surface area (Å²) in [6.45, 7) is 5.84. The standard InChI is InChI=1S/C20H25NO6/c1-19(2,3)17-21-15(22)14(10-20(21,12-27-17)18(24)25-4)16(23)26-11-13-8-6-5-7-9-13/h5-9,14,17H,10-12H2,1-4H3/t14?,17-,20+/m0/s1. The van der Waals surface area contributed by atoms with Gasteiger partial charge in [0.15, 0.2) is 5.54 Å². The second-order valence-corrected chi connectivity index (χ2v) is 8.11. The van der Waals surface area contributed by atoms with Crippen molar-refractivity contribution >= 4 is 17.8 Å². The van der Waals surface area contributed by atoms with Crippen LogP contribution in [-0.2, 0) is 35.2 Å². The number of hydrogen-bond acceptors (Lipinski definition) is 6. The number of esters is 2. The molecule has 0 bridgehead atoms. The number of amides is 1. The molecular weight excluding hydrogens is 350 g/mol. The van der Waals surface area contributed by atoms with Crippen LogP contribution in [0.3, 0.4) is 0 Å². The maximum absolute atomic E-state index is 13.1. The minimum absolute atomic E-state index is 0.00128. The van der Waals surface area contributed by atoms with E-state index in [0.29, 0.717) is 0 Å². The molecule has 1 aromatic carbocycles. The van der Waals surface area contributed by atoms with Crippen molar-refractivity contribution in [3.8, 4) is 0 Å². The Morgan fingerprint density at radius 2 is 1.93 bits per heavy atom. The number of methoxy groups -OCH3 is 1. The number of ether oxygens (including phenoxy) is 3. The van der Waals surface area contributed by atoms with Crippen LogP contribution in [0.4, 0.5) is 0 Å².